The summed E-state index contributed by atoms with van der Waals surface area (Å²) >= 11 is 0. The van der Waals surface area contributed by atoms with E-state index in [1.165, 1.54) is 17.0 Å². The van der Waals surface area contributed by atoms with Crippen LogP contribution in [0.15, 0.2) is 66.2 Å². The number of ether oxygens (including phenoxy) is 1. The molecule has 0 aliphatic carbocycles. The lowest BCUT2D eigenvalue weighted by Gasteiger charge is -2.26. The Balaban J connectivity index is 1.89. The first-order valence-corrected chi connectivity index (χ1v) is 11.0. The number of rotatable bonds is 5. The lowest BCUT2D eigenvalue weighted by Crippen LogP contribution is -2.29. The summed E-state index contributed by atoms with van der Waals surface area (Å²) in [6.45, 7) is 5.68. The molecule has 0 spiro atoms. The van der Waals surface area contributed by atoms with Gasteiger partial charge in [0.2, 0.25) is 0 Å². The predicted molar refractivity (Wildman–Crippen MR) is 128 cm³/mol. The van der Waals surface area contributed by atoms with E-state index in [-0.39, 0.29) is 23.7 Å². The van der Waals surface area contributed by atoms with Gasteiger partial charge in [-0.2, -0.15) is 0 Å². The number of hydrogen-bond donors (Lipinski definition) is 1. The minimum Gasteiger partial charge on any atom is -0.507 e. The lowest BCUT2D eigenvalue weighted by molar-refractivity contribution is -0.140. The molecular formula is C28H26FNO4. The first kappa shape index (κ1) is 23.2. The van der Waals surface area contributed by atoms with E-state index < -0.39 is 17.7 Å². The minimum atomic E-state index is -0.785. The van der Waals surface area contributed by atoms with Crippen LogP contribution in [0.5, 0.6) is 5.75 Å². The maximum Gasteiger partial charge on any atom is 0.295 e. The molecule has 0 saturated carbocycles. The molecule has 0 aromatic heterocycles. The van der Waals surface area contributed by atoms with Crippen LogP contribution in [0.4, 0.5) is 4.39 Å². The van der Waals surface area contributed by atoms with E-state index in [0.29, 0.717) is 28.0 Å². The summed E-state index contributed by atoms with van der Waals surface area (Å²) in [7, 11) is 1.57. The normalized spacial score (nSPS) is 17.3. The summed E-state index contributed by atoms with van der Waals surface area (Å²) in [5, 5.41) is 11.4. The largest absolute Gasteiger partial charge is 0.507 e. The Labute approximate surface area is 198 Å². The molecule has 1 heterocycles. The highest BCUT2D eigenvalue weighted by Crippen LogP contribution is 2.41. The number of hydrogen-bond acceptors (Lipinski definition) is 4. The number of nitrogens with zero attached hydrogens (tertiary/aromatic N) is 1. The van der Waals surface area contributed by atoms with Gasteiger partial charge in [0.05, 0.1) is 18.7 Å². The molecule has 174 valence electrons. The second-order valence-corrected chi connectivity index (χ2v) is 8.60. The second-order valence-electron chi connectivity index (χ2n) is 8.60. The number of amides is 1. The number of carbonyl (C=O) groups excluding carboxylic acids is 2. The molecule has 4 rings (SSSR count). The van der Waals surface area contributed by atoms with Gasteiger partial charge in [-0.25, -0.2) is 4.39 Å². The van der Waals surface area contributed by atoms with Gasteiger partial charge in [-0.15, -0.1) is 0 Å². The third kappa shape index (κ3) is 4.19. The van der Waals surface area contributed by atoms with Crippen molar-refractivity contribution in [2.24, 2.45) is 0 Å². The van der Waals surface area contributed by atoms with Crippen LogP contribution in [0.1, 0.15) is 39.4 Å². The Morgan fingerprint density at radius 3 is 2.35 bits per heavy atom. The quantitative estimate of drug-likeness (QED) is 0.316. The highest BCUT2D eigenvalue weighted by atomic mass is 19.1. The van der Waals surface area contributed by atoms with Crippen molar-refractivity contribution in [3.05, 3.63) is 105 Å². The first-order valence-electron chi connectivity index (χ1n) is 11.0. The van der Waals surface area contributed by atoms with Gasteiger partial charge >= 0.3 is 0 Å². The third-order valence-corrected chi connectivity index (χ3v) is 6.16. The zero-order valence-corrected chi connectivity index (χ0v) is 19.6. The Morgan fingerprint density at radius 2 is 1.71 bits per heavy atom. The number of methoxy groups -OCH3 is 1. The van der Waals surface area contributed by atoms with E-state index >= 15 is 0 Å². The fourth-order valence-electron chi connectivity index (χ4n) is 4.43. The van der Waals surface area contributed by atoms with Crippen molar-refractivity contribution in [1.82, 2.24) is 4.90 Å². The number of aliphatic hydroxyl groups excluding tert-OH is 1. The second kappa shape index (κ2) is 9.14. The molecule has 1 atom stereocenters. The Morgan fingerprint density at radius 1 is 1.00 bits per heavy atom. The van der Waals surface area contributed by atoms with Crippen molar-refractivity contribution in [3.63, 3.8) is 0 Å². The van der Waals surface area contributed by atoms with Gasteiger partial charge in [0.1, 0.15) is 17.3 Å². The van der Waals surface area contributed by atoms with Crippen molar-refractivity contribution in [1.29, 1.82) is 0 Å². The summed E-state index contributed by atoms with van der Waals surface area (Å²) in [4.78, 5) is 27.9. The first-order chi connectivity index (χ1) is 16.2. The van der Waals surface area contributed by atoms with Gasteiger partial charge in [0.25, 0.3) is 11.7 Å². The summed E-state index contributed by atoms with van der Waals surface area (Å²) in [6, 6.07) is 16.1. The molecule has 0 radical (unpaired) electrons. The fourth-order valence-corrected chi connectivity index (χ4v) is 4.43. The van der Waals surface area contributed by atoms with Gasteiger partial charge in [-0.1, -0.05) is 42.0 Å². The highest BCUT2D eigenvalue weighted by molar-refractivity contribution is 6.46. The highest BCUT2D eigenvalue weighted by Gasteiger charge is 2.46. The topological polar surface area (TPSA) is 66.8 Å². The van der Waals surface area contributed by atoms with Crippen molar-refractivity contribution < 1.29 is 23.8 Å². The molecule has 3 aromatic rings. The van der Waals surface area contributed by atoms with Gasteiger partial charge < -0.3 is 14.7 Å². The molecule has 1 amide bonds. The summed E-state index contributed by atoms with van der Waals surface area (Å²) in [5.74, 6) is -1.40. The van der Waals surface area contributed by atoms with Crippen molar-refractivity contribution >= 4 is 17.4 Å². The van der Waals surface area contributed by atoms with Crippen LogP contribution in [-0.2, 0) is 16.1 Å². The van der Waals surface area contributed by atoms with Crippen LogP contribution in [0, 0.1) is 26.6 Å². The van der Waals surface area contributed by atoms with E-state index in [2.05, 4.69) is 0 Å². The number of aryl methyl sites for hydroxylation is 3. The number of Topliss-reactive ketones (excluding diaryl/α,β-unsaturated/α-hetero) is 1. The molecular weight excluding hydrogens is 433 g/mol. The molecule has 1 fully saturated rings. The number of likely N-dealkylation sites (tertiary alicyclic amines) is 1. The number of ketones is 1. The monoisotopic (exact) mass is 459 g/mol. The maximum absolute atomic E-state index is 13.4. The van der Waals surface area contributed by atoms with Crippen LogP contribution in [-0.4, -0.2) is 28.8 Å². The van der Waals surface area contributed by atoms with Gasteiger partial charge in [-0.05, 0) is 67.3 Å². The van der Waals surface area contributed by atoms with Gasteiger partial charge in [0, 0.05) is 12.1 Å². The Kier molecular flexibility index (Phi) is 6.24. The molecule has 1 aliphatic rings. The summed E-state index contributed by atoms with van der Waals surface area (Å²) in [6.07, 6.45) is 0. The number of halogens is 1. The third-order valence-electron chi connectivity index (χ3n) is 6.16. The summed E-state index contributed by atoms with van der Waals surface area (Å²) in [5.41, 5.74) is 4.36. The minimum absolute atomic E-state index is 0.0328. The summed E-state index contributed by atoms with van der Waals surface area (Å²) < 4.78 is 18.8. The van der Waals surface area contributed by atoms with E-state index in [0.717, 1.165) is 11.1 Å². The molecule has 34 heavy (non-hydrogen) atoms. The number of aliphatic hydroxyl groups is 1. The zero-order valence-electron chi connectivity index (χ0n) is 19.6. The van der Waals surface area contributed by atoms with E-state index in [1.807, 2.05) is 45.0 Å². The standard InChI is InChI=1S/C28H26FNO4/c1-16-6-5-7-20(12-16)25-24(26(31)22-13-18(3)23(34-4)14-17(22)2)27(32)28(33)30(25)15-19-8-10-21(29)11-9-19/h5-14,25,31H,15H2,1-4H3/b26-24+. The number of carbonyl (C=O) groups is 2. The van der Waals surface area contributed by atoms with E-state index in [9.17, 15) is 19.1 Å². The Hall–Kier alpha value is -3.93. The molecule has 0 bridgehead atoms. The molecule has 6 heteroatoms. The fraction of sp³-hybridized carbons (Fsp3) is 0.214. The van der Waals surface area contributed by atoms with Crippen LogP contribution in [0.3, 0.4) is 0 Å². The van der Waals surface area contributed by atoms with Crippen molar-refractivity contribution in [2.75, 3.05) is 7.11 Å². The molecule has 1 aliphatic heterocycles. The average molecular weight is 460 g/mol. The van der Waals surface area contributed by atoms with E-state index in [4.69, 9.17) is 4.74 Å². The predicted octanol–water partition coefficient (Wildman–Crippen LogP) is 5.38. The Bertz CT molecular complexity index is 1310. The average Bonchev–Trinajstić information content (AvgIpc) is 3.06. The van der Waals surface area contributed by atoms with Crippen LogP contribution in [0.2, 0.25) is 0 Å². The maximum atomic E-state index is 13.4. The molecule has 1 unspecified atom stereocenters. The van der Waals surface area contributed by atoms with Crippen molar-refractivity contribution in [3.8, 4) is 5.75 Å². The molecule has 1 saturated heterocycles. The smallest absolute Gasteiger partial charge is 0.295 e. The molecule has 1 N–H and O–H groups in total. The van der Waals surface area contributed by atoms with E-state index in [1.54, 1.807) is 31.4 Å². The molecule has 5 nitrogen and oxygen atoms in total. The lowest BCUT2D eigenvalue weighted by atomic mass is 9.92. The van der Waals surface area contributed by atoms with Gasteiger partial charge in [0.15, 0.2) is 0 Å². The van der Waals surface area contributed by atoms with Crippen LogP contribution in [0.25, 0.3) is 5.76 Å². The molecule has 3 aromatic carbocycles. The number of benzene rings is 3. The van der Waals surface area contributed by atoms with Crippen LogP contribution < -0.4 is 4.74 Å². The van der Waals surface area contributed by atoms with Crippen molar-refractivity contribution in [2.45, 2.75) is 33.4 Å². The van der Waals surface area contributed by atoms with Gasteiger partial charge in [-0.3, -0.25) is 9.59 Å². The SMILES string of the molecule is COc1cc(C)c(/C(O)=C2\C(=O)C(=O)N(Cc3ccc(F)cc3)C2c2cccc(C)c2)cc1C. The zero-order chi connectivity index (χ0) is 24.6. The van der Waals surface area contributed by atoms with Crippen LogP contribution >= 0.6 is 0 Å².